The van der Waals surface area contributed by atoms with Gasteiger partial charge in [-0.05, 0) is 39.7 Å². The summed E-state index contributed by atoms with van der Waals surface area (Å²) < 4.78 is 0. The van der Waals surface area contributed by atoms with Crippen molar-refractivity contribution in [3.8, 4) is 6.07 Å². The van der Waals surface area contributed by atoms with Gasteiger partial charge in [-0.25, -0.2) is 0 Å². The van der Waals surface area contributed by atoms with E-state index in [-0.39, 0.29) is 11.4 Å². The molecule has 0 aromatic carbocycles. The number of carbonyl (C=O) groups excluding carboxylic acids is 1. The highest BCUT2D eigenvalue weighted by atomic mass is 16.2. The van der Waals surface area contributed by atoms with Crippen molar-refractivity contribution in [1.29, 1.82) is 5.26 Å². The highest BCUT2D eigenvalue weighted by Crippen LogP contribution is 2.25. The first kappa shape index (κ1) is 14.0. The Morgan fingerprint density at radius 2 is 2.29 bits per heavy atom. The molecule has 2 N–H and O–H groups in total. The molecule has 0 radical (unpaired) electrons. The molecular weight excluding hydrogens is 214 g/mol. The second-order valence-corrected chi connectivity index (χ2v) is 5.54. The third-order valence-corrected chi connectivity index (χ3v) is 3.35. The van der Waals surface area contributed by atoms with Gasteiger partial charge in [0.15, 0.2) is 0 Å². The molecule has 1 amide bonds. The first-order chi connectivity index (χ1) is 7.96. The van der Waals surface area contributed by atoms with Gasteiger partial charge < -0.3 is 10.6 Å². The normalized spacial score (nSPS) is 24.4. The minimum Gasteiger partial charge on any atom is -0.353 e. The van der Waals surface area contributed by atoms with Crippen LogP contribution >= 0.6 is 0 Å². The van der Waals surface area contributed by atoms with Gasteiger partial charge in [0.05, 0.1) is 17.0 Å². The maximum Gasteiger partial charge on any atom is 0.240 e. The molecule has 0 aromatic rings. The minimum atomic E-state index is -0.498. The van der Waals surface area contributed by atoms with Crippen LogP contribution in [0.2, 0.25) is 0 Å². The van der Waals surface area contributed by atoms with E-state index in [1.54, 1.807) is 0 Å². The molecule has 1 atom stereocenters. The van der Waals surface area contributed by atoms with Crippen LogP contribution in [-0.4, -0.2) is 24.5 Å². The van der Waals surface area contributed by atoms with Crippen molar-refractivity contribution in [3.05, 3.63) is 0 Å². The lowest BCUT2D eigenvalue weighted by atomic mass is 9.89. The summed E-state index contributed by atoms with van der Waals surface area (Å²) in [4.78, 5) is 12.2. The number of nitrogens with zero attached hydrogens (tertiary/aromatic N) is 1. The van der Waals surface area contributed by atoms with Crippen molar-refractivity contribution in [1.82, 2.24) is 10.6 Å². The maximum absolute atomic E-state index is 12.2. The van der Waals surface area contributed by atoms with Crippen LogP contribution in [0.25, 0.3) is 0 Å². The van der Waals surface area contributed by atoms with Crippen LogP contribution in [0.4, 0.5) is 0 Å². The van der Waals surface area contributed by atoms with E-state index >= 15 is 0 Å². The van der Waals surface area contributed by atoms with Crippen LogP contribution in [0.15, 0.2) is 0 Å². The zero-order valence-electron chi connectivity index (χ0n) is 11.1. The Kier molecular flexibility index (Phi) is 4.53. The van der Waals surface area contributed by atoms with Gasteiger partial charge in [-0.15, -0.1) is 0 Å². The molecule has 96 valence electrons. The first-order valence-electron chi connectivity index (χ1n) is 6.40. The quantitative estimate of drug-likeness (QED) is 0.763. The van der Waals surface area contributed by atoms with Gasteiger partial charge in [-0.3, -0.25) is 4.79 Å². The Morgan fingerprint density at radius 3 is 2.76 bits per heavy atom. The Balaban J connectivity index is 2.59. The lowest BCUT2D eigenvalue weighted by Crippen LogP contribution is -2.54. The van der Waals surface area contributed by atoms with Crippen molar-refractivity contribution in [2.24, 2.45) is 5.41 Å². The molecule has 4 heteroatoms. The molecule has 1 unspecified atom stereocenters. The van der Waals surface area contributed by atoms with Gasteiger partial charge in [0.1, 0.15) is 0 Å². The van der Waals surface area contributed by atoms with Gasteiger partial charge in [-0.2, -0.15) is 5.26 Å². The predicted octanol–water partition coefficient (Wildman–Crippen LogP) is 1.57. The summed E-state index contributed by atoms with van der Waals surface area (Å²) in [6.07, 6.45) is 3.81. The monoisotopic (exact) mass is 237 g/mol. The first-order valence-corrected chi connectivity index (χ1v) is 6.40. The number of hydrogen-bond donors (Lipinski definition) is 2. The van der Waals surface area contributed by atoms with Gasteiger partial charge in [0.25, 0.3) is 0 Å². The van der Waals surface area contributed by atoms with Crippen LogP contribution in [0.1, 0.15) is 46.5 Å². The fourth-order valence-corrected chi connectivity index (χ4v) is 2.26. The van der Waals surface area contributed by atoms with Crippen LogP contribution in [0.3, 0.4) is 0 Å². The standard InChI is InChI=1S/C13H23N3O/c1-4-6-13(7-5-8-16-13)11(17)15-10-12(2,3)9-14/h16H,4-8,10H2,1-3H3,(H,15,17). The van der Waals surface area contributed by atoms with E-state index in [2.05, 4.69) is 23.6 Å². The molecule has 1 fully saturated rings. The average molecular weight is 237 g/mol. The summed E-state index contributed by atoms with van der Waals surface area (Å²) in [6, 6.07) is 2.20. The summed E-state index contributed by atoms with van der Waals surface area (Å²) in [5, 5.41) is 15.2. The molecule has 0 saturated carbocycles. The lowest BCUT2D eigenvalue weighted by Gasteiger charge is -2.29. The number of amides is 1. The third kappa shape index (κ3) is 3.44. The summed E-state index contributed by atoms with van der Waals surface area (Å²) in [7, 11) is 0. The van der Waals surface area contributed by atoms with Crippen molar-refractivity contribution in [2.45, 2.75) is 52.0 Å². The Bertz CT molecular complexity index is 311. The molecule has 1 aliphatic heterocycles. The van der Waals surface area contributed by atoms with Gasteiger partial charge in [-0.1, -0.05) is 13.3 Å². The van der Waals surface area contributed by atoms with Crippen LogP contribution < -0.4 is 10.6 Å². The Morgan fingerprint density at radius 1 is 1.59 bits per heavy atom. The highest BCUT2D eigenvalue weighted by molar-refractivity contribution is 5.86. The largest absolute Gasteiger partial charge is 0.353 e. The molecule has 17 heavy (non-hydrogen) atoms. The van der Waals surface area contributed by atoms with Crippen LogP contribution in [0.5, 0.6) is 0 Å². The molecule has 0 aromatic heterocycles. The van der Waals surface area contributed by atoms with Gasteiger partial charge in [0, 0.05) is 6.54 Å². The molecule has 1 saturated heterocycles. The SMILES string of the molecule is CCCC1(C(=O)NCC(C)(C)C#N)CCCN1. The van der Waals surface area contributed by atoms with E-state index in [4.69, 9.17) is 5.26 Å². The zero-order chi connectivity index (χ0) is 12.9. The summed E-state index contributed by atoms with van der Waals surface area (Å²) in [5.74, 6) is 0.0557. The van der Waals surface area contributed by atoms with Gasteiger partial charge in [0.2, 0.25) is 5.91 Å². The summed E-state index contributed by atoms with van der Waals surface area (Å²) in [6.45, 7) is 7.09. The van der Waals surface area contributed by atoms with E-state index in [0.717, 1.165) is 32.2 Å². The van der Waals surface area contributed by atoms with Gasteiger partial charge >= 0.3 is 0 Å². The predicted molar refractivity (Wildman–Crippen MR) is 67.3 cm³/mol. The van der Waals surface area contributed by atoms with Crippen molar-refractivity contribution in [3.63, 3.8) is 0 Å². The van der Waals surface area contributed by atoms with E-state index in [1.165, 1.54) is 0 Å². The van der Waals surface area contributed by atoms with Crippen LogP contribution in [0, 0.1) is 16.7 Å². The second kappa shape index (κ2) is 5.50. The number of nitrogens with one attached hydrogen (secondary N) is 2. The van der Waals surface area contributed by atoms with Crippen molar-refractivity contribution >= 4 is 5.91 Å². The second-order valence-electron chi connectivity index (χ2n) is 5.54. The fourth-order valence-electron chi connectivity index (χ4n) is 2.26. The molecule has 0 bridgehead atoms. The Labute approximate surface area is 104 Å². The smallest absolute Gasteiger partial charge is 0.240 e. The maximum atomic E-state index is 12.2. The summed E-state index contributed by atoms with van der Waals surface area (Å²) >= 11 is 0. The topological polar surface area (TPSA) is 64.9 Å². The Hall–Kier alpha value is -1.08. The molecule has 0 aliphatic carbocycles. The summed E-state index contributed by atoms with van der Waals surface area (Å²) in [5.41, 5.74) is -0.887. The van der Waals surface area contributed by atoms with E-state index in [0.29, 0.717) is 6.54 Å². The van der Waals surface area contributed by atoms with E-state index < -0.39 is 5.41 Å². The van der Waals surface area contributed by atoms with Crippen molar-refractivity contribution < 1.29 is 4.79 Å². The number of hydrogen-bond acceptors (Lipinski definition) is 3. The number of carbonyl (C=O) groups is 1. The zero-order valence-corrected chi connectivity index (χ0v) is 11.1. The highest BCUT2D eigenvalue weighted by Gasteiger charge is 2.40. The van der Waals surface area contributed by atoms with E-state index in [9.17, 15) is 4.79 Å². The minimum absolute atomic E-state index is 0.0557. The third-order valence-electron chi connectivity index (χ3n) is 3.35. The number of nitriles is 1. The molecule has 1 aliphatic rings. The fraction of sp³-hybridized carbons (Fsp3) is 0.846. The molecule has 1 heterocycles. The molecular formula is C13H23N3O. The number of rotatable bonds is 5. The lowest BCUT2D eigenvalue weighted by molar-refractivity contribution is -0.127. The van der Waals surface area contributed by atoms with Crippen LogP contribution in [-0.2, 0) is 4.79 Å². The molecule has 4 nitrogen and oxygen atoms in total. The molecule has 1 rings (SSSR count). The van der Waals surface area contributed by atoms with Crippen molar-refractivity contribution in [2.75, 3.05) is 13.1 Å². The molecule has 0 spiro atoms. The average Bonchev–Trinajstić information content (AvgIpc) is 2.76. The van der Waals surface area contributed by atoms with E-state index in [1.807, 2.05) is 13.8 Å².